The molecular weight excluding hydrogens is 246 g/mol. The van der Waals surface area contributed by atoms with Crippen LogP contribution in [-0.2, 0) is 20.0 Å². The summed E-state index contributed by atoms with van der Waals surface area (Å²) in [4.78, 5) is 2.66. The second kappa shape index (κ2) is 4.86. The van der Waals surface area contributed by atoms with E-state index in [-0.39, 0.29) is 0 Å². The van der Waals surface area contributed by atoms with E-state index in [1.54, 1.807) is 0 Å². The molecule has 2 fully saturated rings. The third-order valence-corrected chi connectivity index (χ3v) is 4.92. The molecule has 0 aliphatic carbocycles. The lowest BCUT2D eigenvalue weighted by molar-refractivity contribution is 0.131. The highest BCUT2D eigenvalue weighted by atomic mass is 35.5. The molecule has 18 heavy (non-hydrogen) atoms. The molecule has 0 aromatic carbocycles. The Balaban J connectivity index is 1.75. The van der Waals surface area contributed by atoms with Crippen LogP contribution in [0.3, 0.4) is 0 Å². The molecule has 3 heterocycles. The lowest BCUT2D eigenvalue weighted by Gasteiger charge is -2.36. The van der Waals surface area contributed by atoms with E-state index >= 15 is 0 Å². The summed E-state index contributed by atoms with van der Waals surface area (Å²) < 4.78 is 2.05. The van der Waals surface area contributed by atoms with Crippen molar-refractivity contribution in [2.24, 2.45) is 7.05 Å². The molecule has 4 heteroatoms. The van der Waals surface area contributed by atoms with E-state index < -0.39 is 0 Å². The molecule has 0 radical (unpaired) electrons. The highest BCUT2D eigenvalue weighted by Gasteiger charge is 2.40. The standard InChI is InChI=1S/C14H22ClN3/c1-3-11-8-14(17(2)16-11)9-18-12-4-5-13(18)7-10(15)6-12/h8,10,12-13H,3-7,9H2,1-2H3. The summed E-state index contributed by atoms with van der Waals surface area (Å²) in [5.41, 5.74) is 2.55. The van der Waals surface area contributed by atoms with Gasteiger partial charge in [-0.05, 0) is 38.2 Å². The minimum Gasteiger partial charge on any atom is -0.292 e. The first-order valence-electron chi connectivity index (χ1n) is 7.09. The Morgan fingerprint density at radius 1 is 1.33 bits per heavy atom. The topological polar surface area (TPSA) is 21.1 Å². The lowest BCUT2D eigenvalue weighted by Crippen LogP contribution is -2.43. The van der Waals surface area contributed by atoms with Crippen molar-refractivity contribution in [2.45, 2.75) is 63.0 Å². The first-order valence-corrected chi connectivity index (χ1v) is 7.52. The van der Waals surface area contributed by atoms with E-state index in [0.717, 1.165) is 25.8 Å². The van der Waals surface area contributed by atoms with Crippen molar-refractivity contribution in [3.05, 3.63) is 17.5 Å². The molecule has 2 saturated heterocycles. The van der Waals surface area contributed by atoms with E-state index in [2.05, 4.69) is 30.0 Å². The summed E-state index contributed by atoms with van der Waals surface area (Å²) in [5.74, 6) is 0. The molecule has 1 aromatic heterocycles. The first-order chi connectivity index (χ1) is 8.67. The smallest absolute Gasteiger partial charge is 0.0625 e. The van der Waals surface area contributed by atoms with E-state index in [0.29, 0.717) is 17.5 Å². The third kappa shape index (κ3) is 2.19. The zero-order chi connectivity index (χ0) is 12.7. The molecule has 2 atom stereocenters. The van der Waals surface area contributed by atoms with Gasteiger partial charge in [0, 0.05) is 31.1 Å². The summed E-state index contributed by atoms with van der Waals surface area (Å²) in [6, 6.07) is 3.66. The quantitative estimate of drug-likeness (QED) is 0.786. The number of aromatic nitrogens is 2. The van der Waals surface area contributed by atoms with Crippen molar-refractivity contribution in [1.82, 2.24) is 14.7 Å². The number of hydrogen-bond donors (Lipinski definition) is 0. The second-order valence-corrected chi connectivity index (χ2v) is 6.35. The van der Waals surface area contributed by atoms with Crippen LogP contribution >= 0.6 is 11.6 Å². The number of rotatable bonds is 3. The van der Waals surface area contributed by atoms with Gasteiger partial charge in [-0.3, -0.25) is 9.58 Å². The summed E-state index contributed by atoms with van der Waals surface area (Å²) in [5, 5.41) is 4.94. The van der Waals surface area contributed by atoms with Crippen LogP contribution in [0, 0.1) is 0 Å². The van der Waals surface area contributed by atoms with Gasteiger partial charge in [-0.2, -0.15) is 5.10 Å². The second-order valence-electron chi connectivity index (χ2n) is 5.73. The normalized spacial score (nSPS) is 32.1. The average Bonchev–Trinajstić information content (AvgIpc) is 2.80. The van der Waals surface area contributed by atoms with E-state index in [1.807, 2.05) is 4.68 Å². The zero-order valence-corrected chi connectivity index (χ0v) is 12.0. The number of aryl methyl sites for hydroxylation is 2. The molecule has 2 aliphatic rings. The Morgan fingerprint density at radius 2 is 2.00 bits per heavy atom. The SMILES string of the molecule is CCc1cc(CN2C3CCC2CC(Cl)C3)n(C)n1. The van der Waals surface area contributed by atoms with Gasteiger partial charge in [-0.1, -0.05) is 6.92 Å². The zero-order valence-electron chi connectivity index (χ0n) is 11.3. The predicted molar refractivity (Wildman–Crippen MR) is 73.8 cm³/mol. The van der Waals surface area contributed by atoms with Crippen molar-refractivity contribution >= 4 is 11.6 Å². The summed E-state index contributed by atoms with van der Waals surface area (Å²) in [6.45, 7) is 3.21. The maximum atomic E-state index is 6.33. The van der Waals surface area contributed by atoms with Gasteiger partial charge in [0.1, 0.15) is 0 Å². The van der Waals surface area contributed by atoms with Gasteiger partial charge in [0.05, 0.1) is 11.4 Å². The monoisotopic (exact) mass is 267 g/mol. The van der Waals surface area contributed by atoms with Crippen molar-refractivity contribution < 1.29 is 0 Å². The number of fused-ring (bicyclic) bond motifs is 2. The Morgan fingerprint density at radius 3 is 2.56 bits per heavy atom. The van der Waals surface area contributed by atoms with Crippen LogP contribution in [-0.4, -0.2) is 32.1 Å². The molecule has 2 unspecified atom stereocenters. The van der Waals surface area contributed by atoms with Gasteiger partial charge in [0.2, 0.25) is 0 Å². The molecular formula is C14H22ClN3. The Bertz CT molecular complexity index is 415. The fraction of sp³-hybridized carbons (Fsp3) is 0.786. The Hall–Kier alpha value is -0.540. The highest BCUT2D eigenvalue weighted by molar-refractivity contribution is 6.20. The van der Waals surface area contributed by atoms with E-state index in [4.69, 9.17) is 11.6 Å². The maximum absolute atomic E-state index is 6.33. The van der Waals surface area contributed by atoms with Crippen LogP contribution in [0.4, 0.5) is 0 Å². The molecule has 2 bridgehead atoms. The number of piperidine rings is 1. The van der Waals surface area contributed by atoms with Crippen LogP contribution in [0.25, 0.3) is 0 Å². The molecule has 0 amide bonds. The molecule has 3 rings (SSSR count). The summed E-state index contributed by atoms with van der Waals surface area (Å²) in [7, 11) is 2.06. The Kier molecular flexibility index (Phi) is 3.37. The van der Waals surface area contributed by atoms with Crippen LogP contribution in [0.15, 0.2) is 6.07 Å². The molecule has 1 aromatic rings. The fourth-order valence-electron chi connectivity index (χ4n) is 3.55. The minimum atomic E-state index is 0.400. The number of hydrogen-bond acceptors (Lipinski definition) is 2. The van der Waals surface area contributed by atoms with Crippen molar-refractivity contribution in [3.8, 4) is 0 Å². The largest absolute Gasteiger partial charge is 0.292 e. The number of halogens is 1. The van der Waals surface area contributed by atoms with Gasteiger partial charge >= 0.3 is 0 Å². The first kappa shape index (κ1) is 12.5. The number of alkyl halides is 1. The molecule has 0 N–H and O–H groups in total. The van der Waals surface area contributed by atoms with Crippen LogP contribution in [0.1, 0.15) is 44.0 Å². The van der Waals surface area contributed by atoms with Gasteiger partial charge in [-0.25, -0.2) is 0 Å². The third-order valence-electron chi connectivity index (χ3n) is 4.56. The molecule has 0 saturated carbocycles. The van der Waals surface area contributed by atoms with Crippen LogP contribution < -0.4 is 0 Å². The molecule has 0 spiro atoms. The van der Waals surface area contributed by atoms with Crippen molar-refractivity contribution in [1.29, 1.82) is 0 Å². The van der Waals surface area contributed by atoms with E-state index in [1.165, 1.54) is 24.2 Å². The Labute approximate surface area is 114 Å². The molecule has 3 nitrogen and oxygen atoms in total. The molecule has 2 aliphatic heterocycles. The molecule has 100 valence electrons. The van der Waals surface area contributed by atoms with Crippen LogP contribution in [0.5, 0.6) is 0 Å². The lowest BCUT2D eigenvalue weighted by atomic mass is 10.0. The highest BCUT2D eigenvalue weighted by Crippen LogP contribution is 2.38. The predicted octanol–water partition coefficient (Wildman–Crippen LogP) is 2.72. The van der Waals surface area contributed by atoms with Crippen LogP contribution in [0.2, 0.25) is 0 Å². The number of nitrogens with zero attached hydrogens (tertiary/aromatic N) is 3. The summed E-state index contributed by atoms with van der Waals surface area (Å²) >= 11 is 6.33. The van der Waals surface area contributed by atoms with Crippen molar-refractivity contribution in [3.63, 3.8) is 0 Å². The summed E-state index contributed by atoms with van der Waals surface area (Å²) in [6.07, 6.45) is 6.00. The average molecular weight is 268 g/mol. The van der Waals surface area contributed by atoms with Gasteiger partial charge in [0.25, 0.3) is 0 Å². The van der Waals surface area contributed by atoms with Gasteiger partial charge in [-0.15, -0.1) is 11.6 Å². The van der Waals surface area contributed by atoms with Crippen molar-refractivity contribution in [2.75, 3.05) is 0 Å². The van der Waals surface area contributed by atoms with Gasteiger partial charge in [0.15, 0.2) is 0 Å². The fourth-order valence-corrected chi connectivity index (χ4v) is 3.96. The maximum Gasteiger partial charge on any atom is 0.0625 e. The van der Waals surface area contributed by atoms with E-state index in [9.17, 15) is 0 Å². The van der Waals surface area contributed by atoms with Gasteiger partial charge < -0.3 is 0 Å². The minimum absolute atomic E-state index is 0.400.